The average Bonchev–Trinajstić information content (AvgIpc) is 3.01. The predicted octanol–water partition coefficient (Wildman–Crippen LogP) is 3.42. The summed E-state index contributed by atoms with van der Waals surface area (Å²) in [6.07, 6.45) is 1.64. The summed E-state index contributed by atoms with van der Waals surface area (Å²) in [6, 6.07) is 10.8. The summed E-state index contributed by atoms with van der Waals surface area (Å²) in [7, 11) is 1.82. The maximum absolute atomic E-state index is 12.6. The molecule has 1 aromatic carbocycles. The number of amides is 1. The quantitative estimate of drug-likeness (QED) is 0.704. The van der Waals surface area contributed by atoms with E-state index in [1.54, 1.807) is 30.2 Å². The second-order valence-corrected chi connectivity index (χ2v) is 6.34. The third-order valence-electron chi connectivity index (χ3n) is 3.44. The number of pyridine rings is 1. The van der Waals surface area contributed by atoms with Crippen LogP contribution in [-0.4, -0.2) is 28.1 Å². The van der Waals surface area contributed by atoms with Gasteiger partial charge in [0.1, 0.15) is 5.82 Å². The number of anilines is 2. The number of hydrogen-bond acceptors (Lipinski definition) is 6. The standard InChI is InChI=1S/C17H16BrN5O2/c1-11-20-15(22-25-11)10-23(2)16-14(4-3-9-19-16)17(24)21-13-7-5-12(18)6-8-13/h3-9H,10H2,1-2H3,(H,21,24). The molecule has 128 valence electrons. The molecule has 0 aliphatic heterocycles. The van der Waals surface area contributed by atoms with Crippen LogP contribution >= 0.6 is 15.9 Å². The molecular formula is C17H16BrN5O2. The first kappa shape index (κ1) is 17.1. The maximum Gasteiger partial charge on any atom is 0.259 e. The third kappa shape index (κ3) is 4.21. The van der Waals surface area contributed by atoms with Crippen molar-refractivity contribution in [2.24, 2.45) is 0 Å². The predicted molar refractivity (Wildman–Crippen MR) is 97.5 cm³/mol. The molecule has 0 radical (unpaired) electrons. The van der Waals surface area contributed by atoms with Crippen molar-refractivity contribution >= 4 is 33.3 Å². The topological polar surface area (TPSA) is 84.2 Å². The fourth-order valence-corrected chi connectivity index (χ4v) is 2.57. The summed E-state index contributed by atoms with van der Waals surface area (Å²) in [5.41, 5.74) is 1.17. The second kappa shape index (κ2) is 7.43. The maximum atomic E-state index is 12.6. The zero-order valence-electron chi connectivity index (χ0n) is 13.7. The molecule has 0 saturated carbocycles. The van der Waals surface area contributed by atoms with Gasteiger partial charge in [0.05, 0.1) is 12.1 Å². The van der Waals surface area contributed by atoms with Crippen molar-refractivity contribution in [3.63, 3.8) is 0 Å². The van der Waals surface area contributed by atoms with Crippen LogP contribution in [0.15, 0.2) is 51.6 Å². The normalized spacial score (nSPS) is 10.5. The van der Waals surface area contributed by atoms with E-state index in [4.69, 9.17) is 4.52 Å². The molecule has 25 heavy (non-hydrogen) atoms. The van der Waals surface area contributed by atoms with Crippen LogP contribution in [-0.2, 0) is 6.54 Å². The van der Waals surface area contributed by atoms with Crippen molar-refractivity contribution < 1.29 is 9.32 Å². The van der Waals surface area contributed by atoms with Crippen molar-refractivity contribution in [2.45, 2.75) is 13.5 Å². The van der Waals surface area contributed by atoms with Crippen LogP contribution in [0.4, 0.5) is 11.5 Å². The molecule has 2 aromatic heterocycles. The molecule has 7 nitrogen and oxygen atoms in total. The van der Waals surface area contributed by atoms with E-state index in [2.05, 4.69) is 36.4 Å². The molecule has 0 aliphatic rings. The fourth-order valence-electron chi connectivity index (χ4n) is 2.30. The fraction of sp³-hybridized carbons (Fsp3) is 0.176. The Morgan fingerprint density at radius 1 is 1.28 bits per heavy atom. The number of aryl methyl sites for hydroxylation is 1. The van der Waals surface area contributed by atoms with Gasteiger partial charge in [0, 0.05) is 30.3 Å². The molecule has 0 fully saturated rings. The van der Waals surface area contributed by atoms with Gasteiger partial charge in [-0.1, -0.05) is 21.1 Å². The smallest absolute Gasteiger partial charge is 0.259 e. The third-order valence-corrected chi connectivity index (χ3v) is 3.97. The first-order valence-electron chi connectivity index (χ1n) is 7.55. The molecule has 3 aromatic rings. The lowest BCUT2D eigenvalue weighted by atomic mass is 10.2. The highest BCUT2D eigenvalue weighted by Crippen LogP contribution is 2.20. The SMILES string of the molecule is Cc1nc(CN(C)c2ncccc2C(=O)Nc2ccc(Br)cc2)no1. The Morgan fingerprint density at radius 2 is 2.04 bits per heavy atom. The van der Waals surface area contributed by atoms with Crippen LogP contribution in [0.25, 0.3) is 0 Å². The number of carbonyl (C=O) groups excluding carboxylic acids is 1. The van der Waals surface area contributed by atoms with Gasteiger partial charge in [-0.3, -0.25) is 4.79 Å². The molecule has 1 amide bonds. The number of benzene rings is 1. The summed E-state index contributed by atoms with van der Waals surface area (Å²) in [6.45, 7) is 2.11. The summed E-state index contributed by atoms with van der Waals surface area (Å²) in [5, 5.41) is 6.74. The Balaban J connectivity index is 1.79. The minimum atomic E-state index is -0.235. The first-order chi connectivity index (χ1) is 12.0. The van der Waals surface area contributed by atoms with E-state index in [9.17, 15) is 4.79 Å². The summed E-state index contributed by atoms with van der Waals surface area (Å²) >= 11 is 3.37. The van der Waals surface area contributed by atoms with E-state index < -0.39 is 0 Å². The average molecular weight is 402 g/mol. The zero-order valence-corrected chi connectivity index (χ0v) is 15.3. The molecule has 0 atom stereocenters. The van der Waals surface area contributed by atoms with E-state index >= 15 is 0 Å². The number of halogens is 1. The molecule has 0 saturated heterocycles. The molecular weight excluding hydrogens is 386 g/mol. The van der Waals surface area contributed by atoms with Gasteiger partial charge in [-0.15, -0.1) is 0 Å². The lowest BCUT2D eigenvalue weighted by Crippen LogP contribution is -2.23. The van der Waals surface area contributed by atoms with Crippen LogP contribution in [0, 0.1) is 6.92 Å². The highest BCUT2D eigenvalue weighted by Gasteiger charge is 2.17. The monoisotopic (exact) mass is 401 g/mol. The summed E-state index contributed by atoms with van der Waals surface area (Å²) in [4.78, 5) is 23.0. The highest BCUT2D eigenvalue weighted by molar-refractivity contribution is 9.10. The Bertz CT molecular complexity index is 879. The van der Waals surface area contributed by atoms with Crippen LogP contribution in [0.3, 0.4) is 0 Å². The zero-order chi connectivity index (χ0) is 17.8. The van der Waals surface area contributed by atoms with Gasteiger partial charge >= 0.3 is 0 Å². The van der Waals surface area contributed by atoms with Crippen LogP contribution < -0.4 is 10.2 Å². The van der Waals surface area contributed by atoms with Gasteiger partial charge in [-0.25, -0.2) is 4.98 Å². The van der Waals surface area contributed by atoms with Crippen molar-refractivity contribution in [1.29, 1.82) is 0 Å². The molecule has 2 heterocycles. The number of aromatic nitrogens is 3. The van der Waals surface area contributed by atoms with Crippen molar-refractivity contribution in [1.82, 2.24) is 15.1 Å². The Kier molecular flexibility index (Phi) is 5.08. The van der Waals surface area contributed by atoms with E-state index in [1.165, 1.54) is 0 Å². The van der Waals surface area contributed by atoms with Gasteiger partial charge in [0.25, 0.3) is 5.91 Å². The Labute approximate surface area is 153 Å². The lowest BCUT2D eigenvalue weighted by molar-refractivity contribution is 0.102. The number of nitrogens with zero attached hydrogens (tertiary/aromatic N) is 4. The minimum absolute atomic E-state index is 0.235. The van der Waals surface area contributed by atoms with E-state index in [-0.39, 0.29) is 5.91 Å². The number of carbonyl (C=O) groups is 1. The number of nitrogens with one attached hydrogen (secondary N) is 1. The first-order valence-corrected chi connectivity index (χ1v) is 8.34. The minimum Gasteiger partial charge on any atom is -0.351 e. The molecule has 0 unspecified atom stereocenters. The molecule has 3 rings (SSSR count). The summed E-state index contributed by atoms with van der Waals surface area (Å²) in [5.74, 6) is 1.34. The molecule has 0 bridgehead atoms. The van der Waals surface area contributed by atoms with Gasteiger partial charge < -0.3 is 14.7 Å². The van der Waals surface area contributed by atoms with E-state index in [1.807, 2.05) is 31.3 Å². The number of rotatable bonds is 5. The van der Waals surface area contributed by atoms with Crippen LogP contribution in [0.5, 0.6) is 0 Å². The van der Waals surface area contributed by atoms with E-state index in [0.29, 0.717) is 35.3 Å². The van der Waals surface area contributed by atoms with Gasteiger partial charge in [0.15, 0.2) is 5.82 Å². The lowest BCUT2D eigenvalue weighted by Gasteiger charge is -2.19. The summed E-state index contributed by atoms with van der Waals surface area (Å²) < 4.78 is 5.92. The van der Waals surface area contributed by atoms with Crippen molar-refractivity contribution in [2.75, 3.05) is 17.3 Å². The van der Waals surface area contributed by atoms with Crippen molar-refractivity contribution in [3.8, 4) is 0 Å². The Hall–Kier alpha value is -2.74. The van der Waals surface area contributed by atoms with Gasteiger partial charge in [-0.05, 0) is 36.4 Å². The van der Waals surface area contributed by atoms with Gasteiger partial charge in [-0.2, -0.15) is 4.98 Å². The highest BCUT2D eigenvalue weighted by atomic mass is 79.9. The molecule has 8 heteroatoms. The largest absolute Gasteiger partial charge is 0.351 e. The van der Waals surface area contributed by atoms with Crippen molar-refractivity contribution in [3.05, 3.63) is 64.3 Å². The van der Waals surface area contributed by atoms with Gasteiger partial charge in [0.2, 0.25) is 5.89 Å². The number of hydrogen-bond donors (Lipinski definition) is 1. The second-order valence-electron chi connectivity index (χ2n) is 5.42. The molecule has 0 spiro atoms. The Morgan fingerprint density at radius 3 is 2.72 bits per heavy atom. The van der Waals surface area contributed by atoms with Crippen LogP contribution in [0.1, 0.15) is 22.1 Å². The molecule has 0 aliphatic carbocycles. The van der Waals surface area contributed by atoms with E-state index in [0.717, 1.165) is 4.47 Å². The molecule has 1 N–H and O–H groups in total. The van der Waals surface area contributed by atoms with Crippen LogP contribution in [0.2, 0.25) is 0 Å².